The lowest BCUT2D eigenvalue weighted by Gasteiger charge is -2.20. The van der Waals surface area contributed by atoms with Gasteiger partial charge in [0.05, 0.1) is 18.9 Å². The number of rotatable bonds is 43. The Bertz CT molecular complexity index is 1060. The number of hydrogen-bond donors (Lipinski definition) is 0. The second-order valence-corrected chi connectivity index (χ2v) is 17.5. The monoisotopic (exact) mass is 878 g/mol. The first-order valence-electron chi connectivity index (χ1n) is 25.8. The highest BCUT2D eigenvalue weighted by Gasteiger charge is 2.20. The first kappa shape index (κ1) is 57.6. The molecule has 0 saturated carbocycles. The molecule has 0 N–H and O–H groups in total. The van der Waals surface area contributed by atoms with Crippen molar-refractivity contribution < 1.29 is 42.8 Å². The van der Waals surface area contributed by atoms with Gasteiger partial charge in [-0.1, -0.05) is 154 Å². The summed E-state index contributed by atoms with van der Waals surface area (Å²) in [5.74, 6) is -1.20. The van der Waals surface area contributed by atoms with Gasteiger partial charge in [0.15, 0.2) is 6.29 Å². The van der Waals surface area contributed by atoms with Gasteiger partial charge in [0.1, 0.15) is 19.8 Å². The molecule has 1 heterocycles. The van der Waals surface area contributed by atoms with Crippen molar-refractivity contribution in [1.29, 1.82) is 0 Å². The number of unbranched alkanes of at least 4 members (excludes halogenated alkanes) is 18. The fourth-order valence-electron chi connectivity index (χ4n) is 7.47. The normalized spacial score (nSPS) is 14.1. The fraction of sp³-hybridized carbons (Fsp3) is 0.865. The molecule has 0 aromatic carbocycles. The van der Waals surface area contributed by atoms with Crippen LogP contribution in [-0.2, 0) is 38.0 Å². The molecule has 0 bridgehead atoms. The van der Waals surface area contributed by atoms with Crippen molar-refractivity contribution in [2.75, 3.05) is 59.3 Å². The quantitative estimate of drug-likeness (QED) is 0.0193. The van der Waals surface area contributed by atoms with Gasteiger partial charge in [-0.25, -0.2) is 4.79 Å². The van der Waals surface area contributed by atoms with Crippen molar-refractivity contribution in [1.82, 2.24) is 4.90 Å². The van der Waals surface area contributed by atoms with Crippen molar-refractivity contribution in [2.45, 2.75) is 226 Å². The highest BCUT2D eigenvalue weighted by molar-refractivity contribution is 5.69. The lowest BCUT2D eigenvalue weighted by molar-refractivity contribution is -0.161. The van der Waals surface area contributed by atoms with E-state index in [1.54, 1.807) is 0 Å². The lowest BCUT2D eigenvalue weighted by Crippen LogP contribution is -2.28. The number of carbonyl (C=O) groups excluding carboxylic acids is 3. The summed E-state index contributed by atoms with van der Waals surface area (Å²) >= 11 is 0. The van der Waals surface area contributed by atoms with E-state index in [2.05, 4.69) is 50.0 Å². The minimum Gasteiger partial charge on any atom is -0.465 e. The molecule has 0 aromatic rings. The zero-order valence-corrected chi connectivity index (χ0v) is 40.4. The molecule has 362 valence electrons. The lowest BCUT2D eigenvalue weighted by atomic mass is 10.1. The summed E-state index contributed by atoms with van der Waals surface area (Å²) in [4.78, 5) is 40.6. The third kappa shape index (κ3) is 39.2. The van der Waals surface area contributed by atoms with Gasteiger partial charge < -0.3 is 33.3 Å². The average Bonchev–Trinajstić information content (AvgIpc) is 3.56. The predicted octanol–water partition coefficient (Wildman–Crippen LogP) is 13.8. The molecule has 1 saturated heterocycles. The van der Waals surface area contributed by atoms with E-state index in [0.717, 1.165) is 96.7 Å². The number of allylic oxidation sites excluding steroid dienone is 4. The summed E-state index contributed by atoms with van der Waals surface area (Å²) in [6, 6.07) is 0. The molecule has 10 nitrogen and oxygen atoms in total. The van der Waals surface area contributed by atoms with Crippen molar-refractivity contribution in [3.05, 3.63) is 24.3 Å². The van der Waals surface area contributed by atoms with Gasteiger partial charge in [0.2, 0.25) is 0 Å². The maximum Gasteiger partial charge on any atom is 0.508 e. The summed E-state index contributed by atoms with van der Waals surface area (Å²) in [6.07, 6.45) is 40.8. The molecule has 1 aliphatic rings. The van der Waals surface area contributed by atoms with Crippen LogP contribution in [0.15, 0.2) is 24.3 Å². The van der Waals surface area contributed by atoms with Crippen LogP contribution in [0.5, 0.6) is 0 Å². The molecule has 1 atom stereocenters. The van der Waals surface area contributed by atoms with Crippen LogP contribution in [0.2, 0.25) is 0 Å². The minimum atomic E-state index is -0.762. The Hall–Kier alpha value is -2.43. The number of likely N-dealkylation sites (tertiary alicyclic amines) is 1. The summed E-state index contributed by atoms with van der Waals surface area (Å²) in [6.45, 7) is 11.1. The highest BCUT2D eigenvalue weighted by atomic mass is 16.7. The number of ether oxygens (including phenoxy) is 6. The molecule has 0 spiro atoms. The largest absolute Gasteiger partial charge is 0.508 e. The maximum absolute atomic E-state index is 13.0. The van der Waals surface area contributed by atoms with Crippen molar-refractivity contribution in [3.8, 4) is 0 Å². The van der Waals surface area contributed by atoms with Crippen molar-refractivity contribution in [2.24, 2.45) is 5.92 Å². The summed E-state index contributed by atoms with van der Waals surface area (Å²) in [5.41, 5.74) is 0. The average molecular weight is 878 g/mol. The van der Waals surface area contributed by atoms with Crippen LogP contribution in [0.4, 0.5) is 4.79 Å². The van der Waals surface area contributed by atoms with Crippen LogP contribution >= 0.6 is 0 Å². The van der Waals surface area contributed by atoms with Crippen LogP contribution in [0.3, 0.4) is 0 Å². The molecule has 62 heavy (non-hydrogen) atoms. The van der Waals surface area contributed by atoms with E-state index < -0.39 is 18.4 Å². The highest BCUT2D eigenvalue weighted by Crippen LogP contribution is 2.15. The van der Waals surface area contributed by atoms with Crippen LogP contribution in [0.1, 0.15) is 220 Å². The smallest absolute Gasteiger partial charge is 0.465 e. The van der Waals surface area contributed by atoms with Crippen LogP contribution < -0.4 is 0 Å². The predicted molar refractivity (Wildman–Crippen MR) is 253 cm³/mol. The molecule has 1 unspecified atom stereocenters. The fourth-order valence-corrected chi connectivity index (χ4v) is 7.47. The molecule has 1 rings (SSSR count). The third-order valence-electron chi connectivity index (χ3n) is 11.5. The molecule has 0 radical (unpaired) electrons. The van der Waals surface area contributed by atoms with Gasteiger partial charge >= 0.3 is 18.1 Å². The Morgan fingerprint density at radius 3 is 1.56 bits per heavy atom. The van der Waals surface area contributed by atoms with E-state index >= 15 is 0 Å². The number of carbonyl (C=O) groups is 3. The van der Waals surface area contributed by atoms with Crippen LogP contribution in [0, 0.1) is 5.92 Å². The summed E-state index contributed by atoms with van der Waals surface area (Å²) < 4.78 is 34.3. The van der Waals surface area contributed by atoms with Crippen LogP contribution in [-0.4, -0.2) is 88.6 Å². The standard InChI is InChI=1S/C52H95NO9/c1-4-7-10-13-16-17-18-19-20-21-22-23-24-25-30-36-49(54)60-45-48(47-62-52(56)59-44-35-41-53-39-31-26-27-32-40-53)46-61-50(55)37-38-51(57-42-33-28-14-11-8-5-2)58-43-34-29-15-12-9-6-3/h16-17,19-20,48,51H,4-15,18,21-47H2,1-3H3/b17-16-,20-19-. The molecule has 1 aliphatic heterocycles. The Balaban J connectivity index is 2.53. The van der Waals surface area contributed by atoms with E-state index in [4.69, 9.17) is 28.4 Å². The Labute approximate surface area is 380 Å². The Morgan fingerprint density at radius 2 is 0.968 bits per heavy atom. The number of hydrogen-bond acceptors (Lipinski definition) is 10. The number of nitrogens with zero attached hydrogens (tertiary/aromatic N) is 1. The zero-order chi connectivity index (χ0) is 44.8. The summed E-state index contributed by atoms with van der Waals surface area (Å²) in [5, 5.41) is 0. The van der Waals surface area contributed by atoms with E-state index in [-0.39, 0.29) is 44.8 Å². The molecule has 1 fully saturated rings. The van der Waals surface area contributed by atoms with Gasteiger partial charge in [0.25, 0.3) is 0 Å². The van der Waals surface area contributed by atoms with E-state index in [9.17, 15) is 14.4 Å². The molecule has 0 aromatic heterocycles. The first-order valence-corrected chi connectivity index (χ1v) is 25.8. The molecule has 0 aliphatic carbocycles. The molecule has 0 amide bonds. The van der Waals surface area contributed by atoms with Gasteiger partial charge in [0, 0.05) is 32.6 Å². The minimum absolute atomic E-state index is 0.0139. The third-order valence-corrected chi connectivity index (χ3v) is 11.5. The van der Waals surface area contributed by atoms with E-state index in [1.807, 2.05) is 0 Å². The van der Waals surface area contributed by atoms with Gasteiger partial charge in [-0.3, -0.25) is 9.59 Å². The number of esters is 2. The van der Waals surface area contributed by atoms with Gasteiger partial charge in [-0.05, 0) is 83.7 Å². The second kappa shape index (κ2) is 45.1. The molecule has 10 heteroatoms. The first-order chi connectivity index (χ1) is 30.5. The van der Waals surface area contributed by atoms with Crippen LogP contribution in [0.25, 0.3) is 0 Å². The molecular weight excluding hydrogens is 783 g/mol. The van der Waals surface area contributed by atoms with Crippen molar-refractivity contribution >= 4 is 18.1 Å². The molecular formula is C52H95NO9. The van der Waals surface area contributed by atoms with E-state index in [0.29, 0.717) is 26.1 Å². The maximum atomic E-state index is 13.0. The Kier molecular flexibility index (Phi) is 41.9. The van der Waals surface area contributed by atoms with Gasteiger partial charge in [-0.2, -0.15) is 0 Å². The topological polar surface area (TPSA) is 110 Å². The summed E-state index contributed by atoms with van der Waals surface area (Å²) in [7, 11) is 0. The van der Waals surface area contributed by atoms with Crippen molar-refractivity contribution in [3.63, 3.8) is 0 Å². The Morgan fingerprint density at radius 1 is 0.484 bits per heavy atom. The van der Waals surface area contributed by atoms with E-state index in [1.165, 1.54) is 103 Å². The SMILES string of the molecule is CCCCC/C=C\C/C=C\CCCCCCCC(=O)OCC(COC(=O)CCC(OCCCCCCCC)OCCCCCCCC)COC(=O)OCCCN1CCCCCC1. The second-order valence-electron chi connectivity index (χ2n) is 17.5. The zero-order valence-electron chi connectivity index (χ0n) is 40.4. The van der Waals surface area contributed by atoms with Gasteiger partial charge in [-0.15, -0.1) is 0 Å².